The number of hydrogen-bond acceptors (Lipinski definition) is 3. The standard InChI is InChI=1S/C15H14N4S/c1-11-3-7-13(8-4-11)18-16-15(20)17-19(18)14-9-5-12(2)6-10-14/h3-10H,1-2H3. The molecule has 4 nitrogen and oxygen atoms in total. The highest BCUT2D eigenvalue weighted by molar-refractivity contribution is 7.58. The molecule has 3 rings (SSSR count). The van der Waals surface area contributed by atoms with E-state index in [4.69, 9.17) is 12.6 Å². The predicted molar refractivity (Wildman–Crippen MR) is 78.0 cm³/mol. The lowest BCUT2D eigenvalue weighted by Crippen LogP contribution is -2.43. The van der Waals surface area contributed by atoms with Gasteiger partial charge in [-0.1, -0.05) is 35.4 Å². The summed E-state index contributed by atoms with van der Waals surface area (Å²) < 4.78 is 0. The van der Waals surface area contributed by atoms with E-state index in [1.807, 2.05) is 48.5 Å². The van der Waals surface area contributed by atoms with Crippen LogP contribution in [0.5, 0.6) is 0 Å². The Hall–Kier alpha value is -2.27. The molecule has 0 saturated heterocycles. The predicted octanol–water partition coefficient (Wildman–Crippen LogP) is 2.07. The average molecular weight is 282 g/mol. The summed E-state index contributed by atoms with van der Waals surface area (Å²) in [5.41, 5.74) is 4.27. The molecule has 5 heteroatoms. The van der Waals surface area contributed by atoms with Crippen molar-refractivity contribution in [3.05, 3.63) is 59.7 Å². The van der Waals surface area contributed by atoms with Gasteiger partial charge < -0.3 is 12.6 Å². The van der Waals surface area contributed by atoms with E-state index < -0.39 is 0 Å². The summed E-state index contributed by atoms with van der Waals surface area (Å²) in [6.07, 6.45) is 0. The van der Waals surface area contributed by atoms with E-state index in [1.54, 1.807) is 9.59 Å². The molecule has 0 spiro atoms. The Balaban J connectivity index is 2.12. The van der Waals surface area contributed by atoms with Gasteiger partial charge in [-0.25, -0.2) is 0 Å². The first-order valence-corrected chi connectivity index (χ1v) is 6.75. The molecule has 1 aromatic heterocycles. The second-order valence-corrected chi connectivity index (χ2v) is 5.10. The van der Waals surface area contributed by atoms with Crippen LogP contribution in [-0.2, 0) is 12.6 Å². The summed E-state index contributed by atoms with van der Waals surface area (Å²) in [6, 6.07) is 16.2. The van der Waals surface area contributed by atoms with Crippen molar-refractivity contribution >= 4 is 12.6 Å². The van der Waals surface area contributed by atoms with Gasteiger partial charge in [-0.05, 0) is 48.0 Å². The molecule has 100 valence electrons. The number of nitrogens with zero attached hydrogens (tertiary/aromatic N) is 4. The van der Waals surface area contributed by atoms with Gasteiger partial charge in [0, 0.05) is 9.90 Å². The van der Waals surface area contributed by atoms with Crippen LogP contribution in [0.25, 0.3) is 11.4 Å². The SMILES string of the molecule is Cc1ccc(-n2nc([S-])n[n+]2-c2ccc(C)cc2)cc1. The van der Waals surface area contributed by atoms with Crippen LogP contribution in [0.4, 0.5) is 0 Å². The molecule has 0 amide bonds. The molecule has 0 atom stereocenters. The summed E-state index contributed by atoms with van der Waals surface area (Å²) >= 11 is 5.11. The van der Waals surface area contributed by atoms with E-state index in [0.717, 1.165) is 11.4 Å². The van der Waals surface area contributed by atoms with Gasteiger partial charge in [-0.2, -0.15) is 0 Å². The molecule has 3 aromatic rings. The highest BCUT2D eigenvalue weighted by atomic mass is 32.1. The summed E-state index contributed by atoms with van der Waals surface area (Å²) in [5.74, 6) is 0. The molecule has 0 aliphatic heterocycles. The number of hydrogen-bond donors (Lipinski definition) is 0. The van der Waals surface area contributed by atoms with Crippen LogP contribution in [0.1, 0.15) is 11.1 Å². The minimum atomic E-state index is 0.325. The minimum Gasteiger partial charge on any atom is -0.706 e. The first-order chi connectivity index (χ1) is 9.63. The number of aromatic nitrogens is 4. The van der Waals surface area contributed by atoms with Crippen molar-refractivity contribution in [3.63, 3.8) is 0 Å². The first-order valence-electron chi connectivity index (χ1n) is 6.34. The van der Waals surface area contributed by atoms with Crippen LogP contribution in [0.15, 0.2) is 53.7 Å². The number of benzene rings is 2. The van der Waals surface area contributed by atoms with Crippen LogP contribution in [0.2, 0.25) is 0 Å². The lowest BCUT2D eigenvalue weighted by atomic mass is 10.2. The smallest absolute Gasteiger partial charge is 0.195 e. The van der Waals surface area contributed by atoms with Crippen molar-refractivity contribution < 1.29 is 4.80 Å². The van der Waals surface area contributed by atoms with Crippen molar-refractivity contribution in [1.29, 1.82) is 0 Å². The van der Waals surface area contributed by atoms with E-state index in [1.165, 1.54) is 11.1 Å². The van der Waals surface area contributed by atoms with E-state index in [-0.39, 0.29) is 0 Å². The third-order valence-corrected chi connectivity index (χ3v) is 3.23. The zero-order valence-electron chi connectivity index (χ0n) is 11.3. The molecule has 2 aromatic carbocycles. The van der Waals surface area contributed by atoms with Crippen molar-refractivity contribution in [2.75, 3.05) is 0 Å². The van der Waals surface area contributed by atoms with Crippen LogP contribution < -0.4 is 4.80 Å². The fourth-order valence-corrected chi connectivity index (χ4v) is 2.11. The lowest BCUT2D eigenvalue weighted by molar-refractivity contribution is -0.736. The molecule has 1 heterocycles. The Morgan fingerprint density at radius 2 is 1.45 bits per heavy atom. The van der Waals surface area contributed by atoms with Gasteiger partial charge in [0.1, 0.15) is 5.69 Å². The largest absolute Gasteiger partial charge is 0.706 e. The minimum absolute atomic E-state index is 0.325. The summed E-state index contributed by atoms with van der Waals surface area (Å²) in [4.78, 5) is 3.43. The van der Waals surface area contributed by atoms with Crippen molar-refractivity contribution in [1.82, 2.24) is 15.0 Å². The number of aryl methyl sites for hydroxylation is 2. The molecule has 0 aliphatic rings. The van der Waals surface area contributed by atoms with E-state index in [2.05, 4.69) is 24.0 Å². The Morgan fingerprint density at radius 1 is 0.900 bits per heavy atom. The fourth-order valence-electron chi connectivity index (χ4n) is 1.96. The van der Waals surface area contributed by atoms with Gasteiger partial charge in [-0.15, -0.1) is 0 Å². The van der Waals surface area contributed by atoms with Gasteiger partial charge in [0.05, 0.1) is 0 Å². The lowest BCUT2D eigenvalue weighted by Gasteiger charge is -2.01. The topological polar surface area (TPSA) is 34.6 Å². The van der Waals surface area contributed by atoms with Crippen molar-refractivity contribution in [2.45, 2.75) is 19.0 Å². The molecule has 20 heavy (non-hydrogen) atoms. The Bertz CT molecular complexity index is 667. The van der Waals surface area contributed by atoms with Gasteiger partial charge in [0.25, 0.3) is 0 Å². The molecule has 0 aliphatic carbocycles. The maximum atomic E-state index is 5.11. The second kappa shape index (κ2) is 5.02. The average Bonchev–Trinajstić information content (AvgIpc) is 2.82. The van der Waals surface area contributed by atoms with Gasteiger partial charge in [0.2, 0.25) is 0 Å². The molecular weight excluding hydrogens is 268 g/mol. The molecule has 0 saturated carbocycles. The van der Waals surface area contributed by atoms with Crippen molar-refractivity contribution in [2.24, 2.45) is 0 Å². The van der Waals surface area contributed by atoms with E-state index in [0.29, 0.717) is 5.16 Å². The third-order valence-electron chi connectivity index (χ3n) is 3.07. The normalized spacial score (nSPS) is 10.7. The van der Waals surface area contributed by atoms with Gasteiger partial charge >= 0.3 is 0 Å². The maximum absolute atomic E-state index is 5.11. The molecule has 0 radical (unpaired) electrons. The number of rotatable bonds is 2. The molecule has 0 fully saturated rings. The summed E-state index contributed by atoms with van der Waals surface area (Å²) in [5, 5.41) is 8.91. The van der Waals surface area contributed by atoms with Crippen LogP contribution >= 0.6 is 0 Å². The monoisotopic (exact) mass is 282 g/mol. The molecular formula is C15H14N4S. The second-order valence-electron chi connectivity index (χ2n) is 4.73. The summed E-state index contributed by atoms with van der Waals surface area (Å²) in [6.45, 7) is 4.11. The molecule has 0 unspecified atom stereocenters. The number of tetrazole rings is 1. The molecule has 0 N–H and O–H groups in total. The zero-order valence-corrected chi connectivity index (χ0v) is 12.1. The van der Waals surface area contributed by atoms with Crippen molar-refractivity contribution in [3.8, 4) is 11.4 Å². The molecule has 0 bridgehead atoms. The first kappa shape index (κ1) is 12.7. The third kappa shape index (κ3) is 2.40. The van der Waals surface area contributed by atoms with E-state index in [9.17, 15) is 0 Å². The highest BCUT2D eigenvalue weighted by Gasteiger charge is 2.16. The Labute approximate surface area is 123 Å². The Morgan fingerprint density at radius 3 is 2.05 bits per heavy atom. The zero-order chi connectivity index (χ0) is 14.1. The Kier molecular flexibility index (Phi) is 3.20. The van der Waals surface area contributed by atoms with E-state index >= 15 is 0 Å². The van der Waals surface area contributed by atoms with Gasteiger partial charge in [0.15, 0.2) is 10.8 Å². The van der Waals surface area contributed by atoms with Crippen LogP contribution in [0, 0.1) is 13.8 Å². The quantitative estimate of drug-likeness (QED) is 0.533. The highest BCUT2D eigenvalue weighted by Crippen LogP contribution is 2.08. The maximum Gasteiger partial charge on any atom is 0.195 e. The fraction of sp³-hybridized carbons (Fsp3) is 0.133. The van der Waals surface area contributed by atoms with Crippen LogP contribution in [0.3, 0.4) is 0 Å². The van der Waals surface area contributed by atoms with Crippen LogP contribution in [-0.4, -0.2) is 15.0 Å². The van der Waals surface area contributed by atoms with Gasteiger partial charge in [-0.3, -0.25) is 0 Å². The summed E-state index contributed by atoms with van der Waals surface area (Å²) in [7, 11) is 0.